The minimum Gasteiger partial charge on any atom is -0.468 e. The number of hydrogen-bond acceptors (Lipinski definition) is 6. The molecule has 24 heavy (non-hydrogen) atoms. The molecule has 128 valence electrons. The number of hydrogen-bond donors (Lipinski definition) is 0. The van der Waals surface area contributed by atoms with Crippen LogP contribution in [0.4, 0.5) is 0 Å². The molecule has 5 nitrogen and oxygen atoms in total. The van der Waals surface area contributed by atoms with Crippen LogP contribution in [-0.2, 0) is 16.1 Å². The van der Waals surface area contributed by atoms with E-state index in [1.54, 1.807) is 17.6 Å². The Labute approximate surface area is 145 Å². The summed E-state index contributed by atoms with van der Waals surface area (Å²) in [5.41, 5.74) is 0.888. The number of carbonyl (C=O) groups excluding carboxylic acids is 1. The van der Waals surface area contributed by atoms with Crippen LogP contribution in [0.5, 0.6) is 0 Å². The Bertz CT molecular complexity index is 697. The number of aromatic nitrogens is 1. The molecule has 0 amide bonds. The van der Waals surface area contributed by atoms with Gasteiger partial charge in [-0.1, -0.05) is 18.9 Å². The van der Waals surface area contributed by atoms with Gasteiger partial charge in [-0.2, -0.15) is 0 Å². The molecule has 2 aliphatic rings. The van der Waals surface area contributed by atoms with Gasteiger partial charge in [0.25, 0.3) is 0 Å². The normalized spacial score (nSPS) is 27.1. The molecule has 3 atom stereocenters. The first-order valence-corrected chi connectivity index (χ1v) is 9.46. The summed E-state index contributed by atoms with van der Waals surface area (Å²) >= 11 is 1.62. The van der Waals surface area contributed by atoms with E-state index in [4.69, 9.17) is 9.15 Å². The smallest absolute Gasteiger partial charge is 0.323 e. The second-order valence-electron chi connectivity index (χ2n) is 6.68. The van der Waals surface area contributed by atoms with Gasteiger partial charge in [0.05, 0.1) is 17.7 Å². The lowest BCUT2D eigenvalue weighted by molar-refractivity contribution is -0.146. The second-order valence-corrected chi connectivity index (χ2v) is 7.63. The average Bonchev–Trinajstić information content (AvgIpc) is 3.34. The van der Waals surface area contributed by atoms with Gasteiger partial charge in [-0.05, 0) is 36.6 Å². The van der Waals surface area contributed by atoms with E-state index in [0.29, 0.717) is 24.4 Å². The highest BCUT2D eigenvalue weighted by molar-refractivity contribution is 7.13. The first-order chi connectivity index (χ1) is 11.8. The Morgan fingerprint density at radius 2 is 2.33 bits per heavy atom. The van der Waals surface area contributed by atoms with Crippen molar-refractivity contribution in [1.29, 1.82) is 0 Å². The monoisotopic (exact) mass is 346 g/mol. The Kier molecular flexibility index (Phi) is 4.41. The number of rotatable bonds is 4. The SMILES string of the molecule is COC(=O)C1CC2CCCCC2N1Cc1coc(-c2cccs2)n1. The van der Waals surface area contributed by atoms with Crippen molar-refractivity contribution in [1.82, 2.24) is 9.88 Å². The maximum atomic E-state index is 12.2. The topological polar surface area (TPSA) is 55.6 Å². The van der Waals surface area contributed by atoms with Crippen molar-refractivity contribution in [3.63, 3.8) is 0 Å². The number of methoxy groups -OCH3 is 1. The summed E-state index contributed by atoms with van der Waals surface area (Å²) < 4.78 is 10.7. The van der Waals surface area contributed by atoms with Crippen LogP contribution >= 0.6 is 11.3 Å². The maximum Gasteiger partial charge on any atom is 0.323 e. The molecule has 1 saturated heterocycles. The summed E-state index contributed by atoms with van der Waals surface area (Å²) in [7, 11) is 1.48. The van der Waals surface area contributed by atoms with Gasteiger partial charge in [-0.15, -0.1) is 11.3 Å². The molecule has 1 aliphatic heterocycles. The maximum absolute atomic E-state index is 12.2. The number of esters is 1. The molecule has 6 heteroatoms. The third-order valence-corrected chi connectivity index (χ3v) is 6.18. The van der Waals surface area contributed by atoms with E-state index < -0.39 is 0 Å². The van der Waals surface area contributed by atoms with E-state index >= 15 is 0 Å². The molecule has 2 aromatic heterocycles. The number of carbonyl (C=O) groups is 1. The Hall–Kier alpha value is -1.66. The molecule has 0 radical (unpaired) electrons. The lowest BCUT2D eigenvalue weighted by Gasteiger charge is -2.32. The molecule has 0 aromatic carbocycles. The van der Waals surface area contributed by atoms with Crippen molar-refractivity contribution >= 4 is 17.3 Å². The molecule has 1 aliphatic carbocycles. The first-order valence-electron chi connectivity index (χ1n) is 8.58. The van der Waals surface area contributed by atoms with Gasteiger partial charge in [0.2, 0.25) is 5.89 Å². The Morgan fingerprint density at radius 1 is 1.46 bits per heavy atom. The van der Waals surface area contributed by atoms with Crippen LogP contribution in [0.1, 0.15) is 37.8 Å². The molecule has 0 spiro atoms. The largest absolute Gasteiger partial charge is 0.468 e. The molecule has 0 N–H and O–H groups in total. The molecule has 3 unspecified atom stereocenters. The Balaban J connectivity index is 1.55. The zero-order valence-electron chi connectivity index (χ0n) is 13.8. The second kappa shape index (κ2) is 6.69. The van der Waals surface area contributed by atoms with Gasteiger partial charge < -0.3 is 9.15 Å². The molecule has 1 saturated carbocycles. The van der Waals surface area contributed by atoms with Crippen LogP contribution in [-0.4, -0.2) is 35.0 Å². The van der Waals surface area contributed by atoms with E-state index in [1.165, 1.54) is 26.4 Å². The first kappa shape index (κ1) is 15.8. The van der Waals surface area contributed by atoms with Crippen molar-refractivity contribution in [2.45, 2.75) is 50.7 Å². The summed E-state index contributed by atoms with van der Waals surface area (Å²) in [6.45, 7) is 0.649. The summed E-state index contributed by atoms with van der Waals surface area (Å²) in [6.07, 6.45) is 7.52. The van der Waals surface area contributed by atoms with Gasteiger partial charge in [-0.3, -0.25) is 9.69 Å². The fourth-order valence-electron chi connectivity index (χ4n) is 4.23. The van der Waals surface area contributed by atoms with Gasteiger partial charge in [-0.25, -0.2) is 4.98 Å². The summed E-state index contributed by atoms with van der Waals surface area (Å²) in [6, 6.07) is 4.31. The van der Waals surface area contributed by atoms with Crippen molar-refractivity contribution in [2.75, 3.05) is 7.11 Å². The Morgan fingerprint density at radius 3 is 3.12 bits per heavy atom. The van der Waals surface area contributed by atoms with Crippen LogP contribution in [0.3, 0.4) is 0 Å². The highest BCUT2D eigenvalue weighted by Crippen LogP contribution is 2.41. The van der Waals surface area contributed by atoms with E-state index in [2.05, 4.69) is 9.88 Å². The van der Waals surface area contributed by atoms with Crippen molar-refractivity contribution in [3.05, 3.63) is 29.5 Å². The molecule has 3 heterocycles. The standard InChI is InChI=1S/C18H22N2O3S/c1-22-18(21)15-9-12-5-2-3-6-14(12)20(15)10-13-11-23-17(19-13)16-7-4-8-24-16/h4,7-8,11-12,14-15H,2-3,5-6,9-10H2,1H3. The van der Waals surface area contributed by atoms with Gasteiger partial charge >= 0.3 is 5.97 Å². The zero-order chi connectivity index (χ0) is 16.5. The van der Waals surface area contributed by atoms with Crippen molar-refractivity contribution in [3.8, 4) is 10.8 Å². The third-order valence-electron chi connectivity index (χ3n) is 5.32. The van der Waals surface area contributed by atoms with Crippen LogP contribution in [0, 0.1) is 5.92 Å². The minimum absolute atomic E-state index is 0.119. The summed E-state index contributed by atoms with van der Waals surface area (Å²) in [5.74, 6) is 1.15. The molecular weight excluding hydrogens is 324 g/mol. The minimum atomic E-state index is -0.148. The summed E-state index contributed by atoms with van der Waals surface area (Å²) in [5, 5.41) is 2.01. The van der Waals surface area contributed by atoms with Gasteiger partial charge in [0.1, 0.15) is 12.3 Å². The predicted octanol–water partition coefficient (Wildman–Crippen LogP) is 3.71. The quantitative estimate of drug-likeness (QED) is 0.790. The number of thiophene rings is 1. The molecular formula is C18H22N2O3S. The van der Waals surface area contributed by atoms with Gasteiger partial charge in [0.15, 0.2) is 0 Å². The van der Waals surface area contributed by atoms with Crippen LogP contribution in [0.2, 0.25) is 0 Å². The van der Waals surface area contributed by atoms with E-state index in [9.17, 15) is 4.79 Å². The number of fused-ring (bicyclic) bond motifs is 1. The molecule has 4 rings (SSSR count). The van der Waals surface area contributed by atoms with Crippen molar-refractivity contribution in [2.24, 2.45) is 5.92 Å². The highest BCUT2D eigenvalue weighted by atomic mass is 32.1. The molecule has 0 bridgehead atoms. The molecule has 2 fully saturated rings. The lowest BCUT2D eigenvalue weighted by Crippen LogP contribution is -2.42. The van der Waals surface area contributed by atoms with E-state index in [-0.39, 0.29) is 12.0 Å². The zero-order valence-corrected chi connectivity index (χ0v) is 14.6. The molecule has 2 aromatic rings. The van der Waals surface area contributed by atoms with Crippen LogP contribution in [0.25, 0.3) is 10.8 Å². The van der Waals surface area contributed by atoms with E-state index in [1.807, 2.05) is 17.5 Å². The van der Waals surface area contributed by atoms with Crippen LogP contribution < -0.4 is 0 Å². The summed E-state index contributed by atoms with van der Waals surface area (Å²) in [4.78, 5) is 20.2. The third kappa shape index (κ3) is 2.89. The number of oxazole rings is 1. The number of ether oxygens (including phenoxy) is 1. The van der Waals surface area contributed by atoms with Crippen molar-refractivity contribution < 1.29 is 13.9 Å². The number of nitrogens with zero attached hydrogens (tertiary/aromatic N) is 2. The van der Waals surface area contributed by atoms with Crippen LogP contribution in [0.15, 0.2) is 28.2 Å². The van der Waals surface area contributed by atoms with Gasteiger partial charge in [0, 0.05) is 12.6 Å². The predicted molar refractivity (Wildman–Crippen MR) is 91.5 cm³/mol. The highest BCUT2D eigenvalue weighted by Gasteiger charge is 2.45. The van der Waals surface area contributed by atoms with E-state index in [0.717, 1.165) is 23.4 Å². The fraction of sp³-hybridized carbons (Fsp3) is 0.556. The lowest BCUT2D eigenvalue weighted by atomic mass is 9.85. The average molecular weight is 346 g/mol. The number of likely N-dealkylation sites (tertiary alicyclic amines) is 1. The fourth-order valence-corrected chi connectivity index (χ4v) is 4.88.